The Morgan fingerprint density at radius 3 is 2.24 bits per heavy atom. The smallest absolute Gasteiger partial charge is 0.314 e. The zero-order valence-electron chi connectivity index (χ0n) is 11.7. The second kappa shape index (κ2) is 4.97. The van der Waals surface area contributed by atoms with Crippen LogP contribution in [0.1, 0.15) is 53.4 Å². The summed E-state index contributed by atoms with van der Waals surface area (Å²) in [6.45, 7) is 8.07. The molecule has 0 saturated heterocycles. The normalized spacial score (nSPS) is 37.3. The van der Waals surface area contributed by atoms with Crippen LogP contribution in [-0.4, -0.2) is 23.8 Å². The van der Waals surface area contributed by atoms with Crippen molar-refractivity contribution in [2.24, 2.45) is 17.3 Å². The number of hydrogen-bond donors (Lipinski definition) is 1. The Labute approximate surface area is 105 Å². The molecule has 0 aromatic carbocycles. The van der Waals surface area contributed by atoms with E-state index in [0.29, 0.717) is 31.1 Å². The molecule has 0 aromatic rings. The number of esters is 1. The molecule has 1 aliphatic carbocycles. The van der Waals surface area contributed by atoms with E-state index in [0.717, 1.165) is 6.42 Å². The predicted molar refractivity (Wildman–Crippen MR) is 67.5 cm³/mol. The Hall–Kier alpha value is -0.570. The monoisotopic (exact) mass is 242 g/mol. The number of carbonyl (C=O) groups is 1. The van der Waals surface area contributed by atoms with Gasteiger partial charge in [0.25, 0.3) is 0 Å². The number of hydrogen-bond acceptors (Lipinski definition) is 3. The standard InChI is InChI=1S/C14H26O3/c1-6-13(4,12(15)17-5)14(16)8-10(2)7-11(3)9-14/h10-11,16H,6-9H2,1-5H3. The number of methoxy groups -OCH3 is 1. The molecule has 1 rings (SSSR count). The van der Waals surface area contributed by atoms with Crippen LogP contribution in [0.2, 0.25) is 0 Å². The van der Waals surface area contributed by atoms with Crippen molar-refractivity contribution < 1.29 is 14.6 Å². The maximum absolute atomic E-state index is 12.0. The van der Waals surface area contributed by atoms with Crippen LogP contribution in [0.15, 0.2) is 0 Å². The van der Waals surface area contributed by atoms with Gasteiger partial charge in [-0.25, -0.2) is 0 Å². The first kappa shape index (κ1) is 14.5. The van der Waals surface area contributed by atoms with E-state index in [2.05, 4.69) is 13.8 Å². The minimum absolute atomic E-state index is 0.288. The number of rotatable bonds is 3. The van der Waals surface area contributed by atoms with Crippen LogP contribution in [0.3, 0.4) is 0 Å². The fourth-order valence-corrected chi connectivity index (χ4v) is 3.43. The largest absolute Gasteiger partial charge is 0.469 e. The lowest BCUT2D eigenvalue weighted by Crippen LogP contribution is -2.55. The molecular weight excluding hydrogens is 216 g/mol. The summed E-state index contributed by atoms with van der Waals surface area (Å²) in [5.74, 6) is 0.627. The molecule has 1 saturated carbocycles. The van der Waals surface area contributed by atoms with E-state index < -0.39 is 11.0 Å². The Bertz CT molecular complexity index is 277. The molecule has 1 N–H and O–H groups in total. The molecule has 0 bridgehead atoms. The van der Waals surface area contributed by atoms with E-state index in [1.807, 2.05) is 13.8 Å². The Kier molecular flexibility index (Phi) is 4.23. The average Bonchev–Trinajstić information content (AvgIpc) is 2.24. The molecule has 1 aliphatic rings. The topological polar surface area (TPSA) is 46.5 Å². The van der Waals surface area contributed by atoms with Crippen molar-refractivity contribution in [3.05, 3.63) is 0 Å². The van der Waals surface area contributed by atoms with Crippen LogP contribution < -0.4 is 0 Å². The highest BCUT2D eigenvalue weighted by Crippen LogP contribution is 2.48. The molecule has 3 heteroatoms. The summed E-state index contributed by atoms with van der Waals surface area (Å²) in [5, 5.41) is 10.9. The van der Waals surface area contributed by atoms with Crippen molar-refractivity contribution in [2.75, 3.05) is 7.11 Å². The van der Waals surface area contributed by atoms with Crippen LogP contribution >= 0.6 is 0 Å². The SMILES string of the molecule is CCC(C)(C(=O)OC)C1(O)CC(C)CC(C)C1. The van der Waals surface area contributed by atoms with Crippen LogP contribution in [0.25, 0.3) is 0 Å². The highest BCUT2D eigenvalue weighted by atomic mass is 16.5. The third-order valence-electron chi connectivity index (χ3n) is 4.55. The third kappa shape index (κ3) is 2.49. The zero-order chi connectivity index (χ0) is 13.3. The lowest BCUT2D eigenvalue weighted by atomic mass is 9.60. The van der Waals surface area contributed by atoms with Crippen molar-refractivity contribution in [1.29, 1.82) is 0 Å². The van der Waals surface area contributed by atoms with Gasteiger partial charge < -0.3 is 9.84 Å². The molecule has 3 nitrogen and oxygen atoms in total. The first-order chi connectivity index (χ1) is 7.79. The summed E-state index contributed by atoms with van der Waals surface area (Å²) in [6.07, 6.45) is 3.12. The van der Waals surface area contributed by atoms with Gasteiger partial charge in [0.05, 0.1) is 18.1 Å². The van der Waals surface area contributed by atoms with E-state index >= 15 is 0 Å². The number of ether oxygens (including phenoxy) is 1. The van der Waals surface area contributed by atoms with Gasteiger partial charge in [-0.3, -0.25) is 4.79 Å². The van der Waals surface area contributed by atoms with E-state index in [1.165, 1.54) is 7.11 Å². The third-order valence-corrected chi connectivity index (χ3v) is 4.55. The second-order valence-corrected chi connectivity index (χ2v) is 6.06. The van der Waals surface area contributed by atoms with Gasteiger partial charge in [-0.1, -0.05) is 20.8 Å². The predicted octanol–water partition coefficient (Wildman–Crippen LogP) is 2.76. The molecule has 100 valence electrons. The van der Waals surface area contributed by atoms with Gasteiger partial charge in [-0.2, -0.15) is 0 Å². The summed E-state index contributed by atoms with van der Waals surface area (Å²) >= 11 is 0. The van der Waals surface area contributed by atoms with E-state index in [4.69, 9.17) is 4.74 Å². The quantitative estimate of drug-likeness (QED) is 0.774. The van der Waals surface area contributed by atoms with Gasteiger partial charge in [-0.05, 0) is 44.4 Å². The molecule has 0 spiro atoms. The van der Waals surface area contributed by atoms with Gasteiger partial charge in [0.1, 0.15) is 0 Å². The number of carbonyl (C=O) groups excluding carboxylic acids is 1. The van der Waals surface area contributed by atoms with Gasteiger partial charge in [-0.15, -0.1) is 0 Å². The van der Waals surface area contributed by atoms with Crippen molar-refractivity contribution in [1.82, 2.24) is 0 Å². The van der Waals surface area contributed by atoms with E-state index in [-0.39, 0.29) is 5.97 Å². The van der Waals surface area contributed by atoms with Gasteiger partial charge in [0.15, 0.2) is 0 Å². The molecule has 3 unspecified atom stereocenters. The molecule has 0 radical (unpaired) electrons. The Morgan fingerprint density at radius 1 is 1.41 bits per heavy atom. The fourth-order valence-electron chi connectivity index (χ4n) is 3.43. The zero-order valence-corrected chi connectivity index (χ0v) is 11.7. The van der Waals surface area contributed by atoms with Gasteiger partial charge >= 0.3 is 5.97 Å². The molecule has 0 amide bonds. The molecule has 17 heavy (non-hydrogen) atoms. The minimum atomic E-state index is -0.925. The summed E-state index contributed by atoms with van der Waals surface area (Å²) in [7, 11) is 1.40. The van der Waals surface area contributed by atoms with Crippen molar-refractivity contribution >= 4 is 5.97 Å². The minimum Gasteiger partial charge on any atom is -0.469 e. The summed E-state index contributed by atoms with van der Waals surface area (Å²) in [4.78, 5) is 12.0. The molecule has 0 aliphatic heterocycles. The van der Waals surface area contributed by atoms with Crippen LogP contribution in [0, 0.1) is 17.3 Å². The number of aliphatic hydroxyl groups is 1. The summed E-state index contributed by atoms with van der Waals surface area (Å²) in [5.41, 5.74) is -1.71. The highest BCUT2D eigenvalue weighted by Gasteiger charge is 2.54. The fraction of sp³-hybridized carbons (Fsp3) is 0.929. The first-order valence-electron chi connectivity index (χ1n) is 6.60. The van der Waals surface area contributed by atoms with Crippen molar-refractivity contribution in [2.45, 2.75) is 59.0 Å². The first-order valence-corrected chi connectivity index (χ1v) is 6.60. The average molecular weight is 242 g/mol. The van der Waals surface area contributed by atoms with E-state index in [9.17, 15) is 9.90 Å². The Morgan fingerprint density at radius 2 is 1.88 bits per heavy atom. The maximum atomic E-state index is 12.0. The van der Waals surface area contributed by atoms with Crippen LogP contribution in [0.5, 0.6) is 0 Å². The van der Waals surface area contributed by atoms with Gasteiger partial charge in [0, 0.05) is 0 Å². The second-order valence-electron chi connectivity index (χ2n) is 6.06. The molecule has 1 fully saturated rings. The lowest BCUT2D eigenvalue weighted by molar-refractivity contribution is -0.181. The van der Waals surface area contributed by atoms with Crippen molar-refractivity contribution in [3.63, 3.8) is 0 Å². The summed E-state index contributed by atoms with van der Waals surface area (Å²) in [6, 6.07) is 0. The van der Waals surface area contributed by atoms with Crippen molar-refractivity contribution in [3.8, 4) is 0 Å². The highest BCUT2D eigenvalue weighted by molar-refractivity contribution is 5.77. The molecule has 0 heterocycles. The van der Waals surface area contributed by atoms with Crippen LogP contribution in [0.4, 0.5) is 0 Å². The molecular formula is C14H26O3. The van der Waals surface area contributed by atoms with Gasteiger partial charge in [0.2, 0.25) is 0 Å². The van der Waals surface area contributed by atoms with Crippen LogP contribution in [-0.2, 0) is 9.53 Å². The molecule has 3 atom stereocenters. The lowest BCUT2D eigenvalue weighted by Gasteiger charge is -2.48. The molecule has 0 aromatic heterocycles. The maximum Gasteiger partial charge on any atom is 0.314 e. The summed E-state index contributed by atoms with van der Waals surface area (Å²) < 4.78 is 4.90. The van der Waals surface area contributed by atoms with E-state index in [1.54, 1.807) is 0 Å². The Balaban J connectivity index is 3.04.